The van der Waals surface area contributed by atoms with E-state index in [-0.39, 0.29) is 0 Å². The van der Waals surface area contributed by atoms with E-state index in [1.165, 1.54) is 13.8 Å². The minimum atomic E-state index is 0.317. The molecule has 0 aliphatic rings. The maximum atomic E-state index is 2.26. The van der Waals surface area contributed by atoms with Crippen molar-refractivity contribution in [3.63, 3.8) is 0 Å². The third kappa shape index (κ3) is 1.82. The standard InChI is InChI=1S/C9H13P/c1-9(2,3)8-5-4-6-10-7-8/h4-7H,1-3H3. The Bertz CT molecular complexity index is 196. The van der Waals surface area contributed by atoms with Crippen molar-refractivity contribution in [2.75, 3.05) is 0 Å². The monoisotopic (exact) mass is 152 g/mol. The number of hydrogen-bond acceptors (Lipinski definition) is 0. The fraction of sp³-hybridized carbons (Fsp3) is 0.444. The summed E-state index contributed by atoms with van der Waals surface area (Å²) in [5.74, 6) is 4.41. The van der Waals surface area contributed by atoms with Gasteiger partial charge in [-0.15, -0.1) is 0 Å². The van der Waals surface area contributed by atoms with Gasteiger partial charge in [0, 0.05) is 0 Å². The van der Waals surface area contributed by atoms with Gasteiger partial charge in [0.25, 0.3) is 0 Å². The van der Waals surface area contributed by atoms with Crippen LogP contribution in [0.25, 0.3) is 0 Å². The van der Waals surface area contributed by atoms with Gasteiger partial charge in [-0.05, 0) is 22.6 Å². The zero-order valence-electron chi connectivity index (χ0n) is 6.76. The molecule has 54 valence electrons. The number of hydrogen-bond donors (Lipinski definition) is 0. The van der Waals surface area contributed by atoms with Gasteiger partial charge in [0.2, 0.25) is 0 Å². The van der Waals surface area contributed by atoms with E-state index in [9.17, 15) is 0 Å². The molecule has 0 unspecified atom stereocenters. The molecule has 0 N–H and O–H groups in total. The quantitative estimate of drug-likeness (QED) is 0.533. The van der Waals surface area contributed by atoms with E-state index in [0.29, 0.717) is 5.41 Å². The highest BCUT2D eigenvalue weighted by molar-refractivity contribution is 7.28. The molecule has 0 saturated carbocycles. The van der Waals surface area contributed by atoms with Crippen LogP contribution in [0.1, 0.15) is 26.3 Å². The van der Waals surface area contributed by atoms with Gasteiger partial charge in [-0.25, -0.2) is 0 Å². The van der Waals surface area contributed by atoms with Crippen molar-refractivity contribution in [1.82, 2.24) is 0 Å². The second-order valence-electron chi connectivity index (χ2n) is 3.49. The van der Waals surface area contributed by atoms with Crippen LogP contribution in [0.2, 0.25) is 0 Å². The molecular weight excluding hydrogens is 139 g/mol. The normalized spacial score (nSPS) is 12.3. The fourth-order valence-corrected chi connectivity index (χ4v) is 1.71. The molecule has 0 aliphatic heterocycles. The van der Waals surface area contributed by atoms with Crippen molar-refractivity contribution >= 4 is 8.19 Å². The van der Waals surface area contributed by atoms with E-state index in [1.807, 2.05) is 0 Å². The van der Waals surface area contributed by atoms with E-state index >= 15 is 0 Å². The van der Waals surface area contributed by atoms with Gasteiger partial charge in [-0.3, -0.25) is 0 Å². The highest BCUT2D eigenvalue weighted by Gasteiger charge is 2.11. The smallest absolute Gasteiger partial charge is 0.0128 e. The van der Waals surface area contributed by atoms with Crippen LogP contribution in [-0.2, 0) is 5.41 Å². The average Bonchev–Trinajstić information content (AvgIpc) is 1.88. The van der Waals surface area contributed by atoms with Crippen LogP contribution in [0.3, 0.4) is 0 Å². The highest BCUT2D eigenvalue weighted by atomic mass is 31.0. The summed E-state index contributed by atoms with van der Waals surface area (Å²) in [7, 11) is 1.32. The molecule has 10 heavy (non-hydrogen) atoms. The van der Waals surface area contributed by atoms with E-state index < -0.39 is 0 Å². The molecule has 1 rings (SSSR count). The largest absolute Gasteiger partial charge is 0.0762 e. The first-order valence-corrected chi connectivity index (χ1v) is 4.54. The summed E-state index contributed by atoms with van der Waals surface area (Å²) < 4.78 is 0. The molecular formula is C9H13P. The van der Waals surface area contributed by atoms with E-state index in [2.05, 4.69) is 44.5 Å². The Balaban J connectivity index is 2.97. The SMILES string of the molecule is CC(C)(C)c1cccpc1. The Morgan fingerprint density at radius 3 is 2.30 bits per heavy atom. The van der Waals surface area contributed by atoms with Crippen LogP contribution in [0.4, 0.5) is 0 Å². The number of rotatable bonds is 0. The first-order valence-electron chi connectivity index (χ1n) is 3.51. The lowest BCUT2D eigenvalue weighted by molar-refractivity contribution is 0.592. The zero-order chi connectivity index (χ0) is 7.61. The fourth-order valence-electron chi connectivity index (χ4n) is 0.806. The summed E-state index contributed by atoms with van der Waals surface area (Å²) in [4.78, 5) is 0. The van der Waals surface area contributed by atoms with Gasteiger partial charge in [0.15, 0.2) is 0 Å². The second-order valence-corrected chi connectivity index (χ2v) is 4.35. The molecule has 0 radical (unpaired) electrons. The maximum absolute atomic E-state index is 2.26. The predicted octanol–water partition coefficient (Wildman–Crippen LogP) is 3.56. The first kappa shape index (κ1) is 7.75. The van der Waals surface area contributed by atoms with E-state index in [1.54, 1.807) is 0 Å². The lowest BCUT2D eigenvalue weighted by atomic mass is 9.89. The van der Waals surface area contributed by atoms with Gasteiger partial charge in [-0.1, -0.05) is 41.1 Å². The topological polar surface area (TPSA) is 0 Å². The van der Waals surface area contributed by atoms with E-state index in [0.717, 1.165) is 0 Å². The van der Waals surface area contributed by atoms with Gasteiger partial charge in [0.05, 0.1) is 0 Å². The van der Waals surface area contributed by atoms with Gasteiger partial charge in [-0.2, -0.15) is 0 Å². The maximum Gasteiger partial charge on any atom is -0.0128 e. The van der Waals surface area contributed by atoms with Crippen molar-refractivity contribution in [1.29, 1.82) is 0 Å². The third-order valence-corrected chi connectivity index (χ3v) is 2.30. The Kier molecular flexibility index (Phi) is 2.11. The van der Waals surface area contributed by atoms with Crippen LogP contribution >= 0.6 is 8.19 Å². The molecule has 0 aliphatic carbocycles. The third-order valence-electron chi connectivity index (χ3n) is 1.53. The molecule has 0 fully saturated rings. The van der Waals surface area contributed by atoms with Crippen molar-refractivity contribution in [3.05, 3.63) is 29.3 Å². The summed E-state index contributed by atoms with van der Waals surface area (Å²) in [6.45, 7) is 6.72. The summed E-state index contributed by atoms with van der Waals surface area (Å²) in [6, 6.07) is 4.32. The van der Waals surface area contributed by atoms with Crippen LogP contribution in [0.15, 0.2) is 23.7 Å². The van der Waals surface area contributed by atoms with E-state index in [4.69, 9.17) is 0 Å². The Labute approximate surface area is 64.4 Å². The summed E-state index contributed by atoms with van der Waals surface area (Å²) in [6.07, 6.45) is 0. The summed E-state index contributed by atoms with van der Waals surface area (Å²) >= 11 is 0. The Morgan fingerprint density at radius 2 is 2.00 bits per heavy atom. The summed E-state index contributed by atoms with van der Waals surface area (Å²) in [5.41, 5.74) is 1.76. The molecule has 0 amide bonds. The van der Waals surface area contributed by atoms with Gasteiger partial charge >= 0.3 is 0 Å². The lowest BCUT2D eigenvalue weighted by Gasteiger charge is -2.17. The highest BCUT2D eigenvalue weighted by Crippen LogP contribution is 2.23. The van der Waals surface area contributed by atoms with Gasteiger partial charge in [0.1, 0.15) is 0 Å². The van der Waals surface area contributed by atoms with Crippen LogP contribution in [0.5, 0.6) is 0 Å². The Hall–Kier alpha value is -0.350. The molecule has 0 bridgehead atoms. The van der Waals surface area contributed by atoms with Crippen LogP contribution in [0, 0.1) is 0 Å². The van der Waals surface area contributed by atoms with Crippen LogP contribution < -0.4 is 0 Å². The van der Waals surface area contributed by atoms with Crippen molar-refractivity contribution < 1.29 is 0 Å². The minimum absolute atomic E-state index is 0.317. The zero-order valence-corrected chi connectivity index (χ0v) is 7.65. The first-order chi connectivity index (χ1) is 4.61. The summed E-state index contributed by atoms with van der Waals surface area (Å²) in [5, 5.41) is 0. The minimum Gasteiger partial charge on any atom is -0.0762 e. The van der Waals surface area contributed by atoms with Crippen molar-refractivity contribution in [3.8, 4) is 0 Å². The van der Waals surface area contributed by atoms with Crippen LogP contribution in [-0.4, -0.2) is 0 Å². The molecule has 0 saturated heterocycles. The molecule has 1 heteroatoms. The van der Waals surface area contributed by atoms with Crippen molar-refractivity contribution in [2.45, 2.75) is 26.2 Å². The Morgan fingerprint density at radius 1 is 1.30 bits per heavy atom. The van der Waals surface area contributed by atoms with Gasteiger partial charge < -0.3 is 0 Å². The molecule has 1 aromatic rings. The van der Waals surface area contributed by atoms with Crippen molar-refractivity contribution in [2.24, 2.45) is 0 Å². The average molecular weight is 152 g/mol. The molecule has 1 heterocycles. The second kappa shape index (κ2) is 2.72. The molecule has 0 aromatic carbocycles. The predicted molar refractivity (Wildman–Crippen MR) is 47.7 cm³/mol. The molecule has 1 aromatic heterocycles. The lowest BCUT2D eigenvalue weighted by Crippen LogP contribution is -2.09. The molecule has 0 atom stereocenters. The molecule has 0 nitrogen and oxygen atoms in total. The molecule has 0 spiro atoms.